The van der Waals surface area contributed by atoms with E-state index in [9.17, 15) is 4.79 Å². The molecule has 7 heteroatoms. The van der Waals surface area contributed by atoms with Gasteiger partial charge in [0, 0.05) is 25.4 Å². The lowest BCUT2D eigenvalue weighted by Crippen LogP contribution is -2.42. The molecule has 1 unspecified atom stereocenters. The molecule has 18 heavy (non-hydrogen) atoms. The highest BCUT2D eigenvalue weighted by Gasteiger charge is 2.32. The SMILES string of the molecule is CNC(=O)C1CCCN1c1nc(NN)ncc1C. The summed E-state index contributed by atoms with van der Waals surface area (Å²) in [4.78, 5) is 22.2. The molecule has 0 bridgehead atoms. The number of aromatic nitrogens is 2. The molecule has 1 amide bonds. The standard InChI is InChI=1S/C11H18N6O/c1-7-6-14-11(16-12)15-9(7)17-5-3-4-8(17)10(18)13-2/h6,8H,3-5,12H2,1-2H3,(H,13,18)(H,14,15,16). The number of amides is 1. The number of nitrogens with two attached hydrogens (primary N) is 1. The third-order valence-corrected chi connectivity index (χ3v) is 3.15. The van der Waals surface area contributed by atoms with Gasteiger partial charge in [-0.05, 0) is 19.8 Å². The number of nitrogens with one attached hydrogen (secondary N) is 2. The zero-order valence-electron chi connectivity index (χ0n) is 10.6. The van der Waals surface area contributed by atoms with E-state index >= 15 is 0 Å². The van der Waals surface area contributed by atoms with Crippen molar-refractivity contribution >= 4 is 17.7 Å². The van der Waals surface area contributed by atoms with Gasteiger partial charge in [0.1, 0.15) is 11.9 Å². The minimum absolute atomic E-state index is 0.0211. The molecule has 1 saturated heterocycles. The zero-order chi connectivity index (χ0) is 13.1. The number of carbonyl (C=O) groups is 1. The number of hydrazine groups is 1. The molecule has 1 fully saturated rings. The summed E-state index contributed by atoms with van der Waals surface area (Å²) >= 11 is 0. The van der Waals surface area contributed by atoms with E-state index in [0.29, 0.717) is 5.95 Å². The molecule has 0 spiro atoms. The highest BCUT2D eigenvalue weighted by Crippen LogP contribution is 2.27. The number of anilines is 2. The van der Waals surface area contributed by atoms with Gasteiger partial charge in [0.05, 0.1) is 0 Å². The first-order valence-corrected chi connectivity index (χ1v) is 5.96. The third kappa shape index (κ3) is 2.21. The van der Waals surface area contributed by atoms with Crippen molar-refractivity contribution in [1.82, 2.24) is 15.3 Å². The number of likely N-dealkylation sites (N-methyl/N-ethyl adjacent to an activating group) is 1. The Morgan fingerprint density at radius 1 is 1.61 bits per heavy atom. The normalized spacial score (nSPS) is 18.8. The van der Waals surface area contributed by atoms with Crippen molar-refractivity contribution in [3.8, 4) is 0 Å². The Morgan fingerprint density at radius 2 is 2.39 bits per heavy atom. The van der Waals surface area contributed by atoms with Crippen LogP contribution in [0, 0.1) is 6.92 Å². The summed E-state index contributed by atoms with van der Waals surface area (Å²) in [6.45, 7) is 2.74. The van der Waals surface area contributed by atoms with E-state index < -0.39 is 0 Å². The number of hydrogen-bond acceptors (Lipinski definition) is 6. The van der Waals surface area contributed by atoms with Gasteiger partial charge in [0.25, 0.3) is 0 Å². The largest absolute Gasteiger partial charge is 0.357 e. The summed E-state index contributed by atoms with van der Waals surface area (Å²) in [6.07, 6.45) is 3.53. The van der Waals surface area contributed by atoms with E-state index in [-0.39, 0.29) is 11.9 Å². The first-order valence-electron chi connectivity index (χ1n) is 5.96. The molecule has 1 aliphatic rings. The Bertz CT molecular complexity index is 449. The maximum absolute atomic E-state index is 11.8. The van der Waals surface area contributed by atoms with Crippen LogP contribution in [0.25, 0.3) is 0 Å². The van der Waals surface area contributed by atoms with Crippen molar-refractivity contribution in [2.24, 2.45) is 5.84 Å². The predicted molar refractivity (Wildman–Crippen MR) is 69.0 cm³/mol. The molecule has 4 N–H and O–H groups in total. The van der Waals surface area contributed by atoms with Gasteiger partial charge in [-0.25, -0.2) is 10.8 Å². The van der Waals surface area contributed by atoms with Crippen LogP contribution in [-0.2, 0) is 4.79 Å². The van der Waals surface area contributed by atoms with Crippen LogP contribution >= 0.6 is 0 Å². The van der Waals surface area contributed by atoms with E-state index in [1.165, 1.54) is 0 Å². The fraction of sp³-hybridized carbons (Fsp3) is 0.545. The molecule has 0 radical (unpaired) electrons. The summed E-state index contributed by atoms with van der Waals surface area (Å²) in [6, 6.07) is -0.158. The molecular formula is C11H18N6O. The first-order chi connectivity index (χ1) is 8.67. The van der Waals surface area contributed by atoms with Crippen LogP contribution in [0.15, 0.2) is 6.20 Å². The smallest absolute Gasteiger partial charge is 0.242 e. The van der Waals surface area contributed by atoms with E-state index in [1.54, 1.807) is 13.2 Å². The van der Waals surface area contributed by atoms with Gasteiger partial charge in [-0.3, -0.25) is 10.2 Å². The number of carbonyl (C=O) groups excluding carboxylic acids is 1. The Kier molecular flexibility index (Phi) is 3.61. The van der Waals surface area contributed by atoms with Gasteiger partial charge in [-0.15, -0.1) is 0 Å². The lowest BCUT2D eigenvalue weighted by molar-refractivity contribution is -0.121. The van der Waals surface area contributed by atoms with E-state index in [2.05, 4.69) is 20.7 Å². The summed E-state index contributed by atoms with van der Waals surface area (Å²) < 4.78 is 0. The van der Waals surface area contributed by atoms with Gasteiger partial charge >= 0.3 is 0 Å². The lowest BCUT2D eigenvalue weighted by Gasteiger charge is -2.25. The molecule has 0 aromatic carbocycles. The average molecular weight is 250 g/mol. The fourth-order valence-electron chi connectivity index (χ4n) is 2.25. The molecule has 1 aromatic heterocycles. The van der Waals surface area contributed by atoms with Gasteiger partial charge in [-0.1, -0.05) is 0 Å². The van der Waals surface area contributed by atoms with Crippen LogP contribution in [-0.4, -0.2) is 35.5 Å². The summed E-state index contributed by atoms with van der Waals surface area (Å²) in [5.41, 5.74) is 3.36. The molecule has 1 aromatic rings. The lowest BCUT2D eigenvalue weighted by atomic mass is 10.2. The van der Waals surface area contributed by atoms with Crippen LogP contribution < -0.4 is 21.5 Å². The molecule has 2 heterocycles. The number of rotatable bonds is 3. The first kappa shape index (κ1) is 12.6. The summed E-state index contributed by atoms with van der Waals surface area (Å²) in [5, 5.41) is 2.69. The maximum Gasteiger partial charge on any atom is 0.242 e. The Morgan fingerprint density at radius 3 is 3.06 bits per heavy atom. The highest BCUT2D eigenvalue weighted by molar-refractivity contribution is 5.85. The molecule has 0 aliphatic carbocycles. The van der Waals surface area contributed by atoms with Crippen molar-refractivity contribution in [2.75, 3.05) is 23.9 Å². The van der Waals surface area contributed by atoms with E-state index in [4.69, 9.17) is 5.84 Å². The number of nitrogen functional groups attached to an aromatic ring is 1. The Hall–Kier alpha value is -1.89. The van der Waals surface area contributed by atoms with E-state index in [1.807, 2.05) is 11.8 Å². The Balaban J connectivity index is 2.32. The second kappa shape index (κ2) is 5.18. The summed E-state index contributed by atoms with van der Waals surface area (Å²) in [5.74, 6) is 6.46. The minimum Gasteiger partial charge on any atom is -0.357 e. The highest BCUT2D eigenvalue weighted by atomic mass is 16.2. The van der Waals surface area contributed by atoms with Crippen molar-refractivity contribution in [3.63, 3.8) is 0 Å². The van der Waals surface area contributed by atoms with Crippen LogP contribution in [0.1, 0.15) is 18.4 Å². The number of aryl methyl sites for hydroxylation is 1. The number of hydrogen-bond donors (Lipinski definition) is 3. The number of nitrogens with zero attached hydrogens (tertiary/aromatic N) is 3. The second-order valence-electron chi connectivity index (χ2n) is 4.31. The average Bonchev–Trinajstić information content (AvgIpc) is 2.87. The molecule has 98 valence electrons. The van der Waals surface area contributed by atoms with Gasteiger partial charge < -0.3 is 10.2 Å². The van der Waals surface area contributed by atoms with Crippen molar-refractivity contribution in [1.29, 1.82) is 0 Å². The van der Waals surface area contributed by atoms with Gasteiger partial charge in [0.2, 0.25) is 11.9 Å². The van der Waals surface area contributed by atoms with Crippen molar-refractivity contribution in [3.05, 3.63) is 11.8 Å². The zero-order valence-corrected chi connectivity index (χ0v) is 10.6. The fourth-order valence-corrected chi connectivity index (χ4v) is 2.25. The van der Waals surface area contributed by atoms with Crippen LogP contribution in [0.5, 0.6) is 0 Å². The van der Waals surface area contributed by atoms with Gasteiger partial charge in [0.15, 0.2) is 0 Å². The molecule has 2 rings (SSSR count). The van der Waals surface area contributed by atoms with Crippen molar-refractivity contribution in [2.45, 2.75) is 25.8 Å². The molecule has 1 aliphatic heterocycles. The molecule has 1 atom stereocenters. The summed E-state index contributed by atoms with van der Waals surface area (Å²) in [7, 11) is 1.65. The van der Waals surface area contributed by atoms with Crippen LogP contribution in [0.2, 0.25) is 0 Å². The van der Waals surface area contributed by atoms with E-state index in [0.717, 1.165) is 30.8 Å². The van der Waals surface area contributed by atoms with Crippen LogP contribution in [0.3, 0.4) is 0 Å². The topological polar surface area (TPSA) is 96.2 Å². The Labute approximate surface area is 106 Å². The maximum atomic E-state index is 11.8. The van der Waals surface area contributed by atoms with Crippen LogP contribution in [0.4, 0.5) is 11.8 Å². The molecular weight excluding hydrogens is 232 g/mol. The predicted octanol–water partition coefficient (Wildman–Crippen LogP) is -0.215. The van der Waals surface area contributed by atoms with Crippen molar-refractivity contribution < 1.29 is 4.79 Å². The molecule has 7 nitrogen and oxygen atoms in total. The monoisotopic (exact) mass is 250 g/mol. The van der Waals surface area contributed by atoms with Gasteiger partial charge in [-0.2, -0.15) is 4.98 Å². The quantitative estimate of drug-likeness (QED) is 0.507. The third-order valence-electron chi connectivity index (χ3n) is 3.15. The molecule has 0 saturated carbocycles. The second-order valence-corrected chi connectivity index (χ2v) is 4.31. The minimum atomic E-state index is -0.158.